The highest BCUT2D eigenvalue weighted by atomic mass is 35.5. The van der Waals surface area contributed by atoms with Gasteiger partial charge in [0.2, 0.25) is 0 Å². The van der Waals surface area contributed by atoms with Gasteiger partial charge in [-0.05, 0) is 0 Å². The summed E-state index contributed by atoms with van der Waals surface area (Å²) in [5.74, 6) is -0.993. The maximum Gasteiger partial charge on any atom is 0.325 e. The molecule has 1 N–H and O–H groups in total. The molecule has 15 heavy (non-hydrogen) atoms. The highest BCUT2D eigenvalue weighted by Crippen LogP contribution is 2.13. The van der Waals surface area contributed by atoms with Crippen LogP contribution in [0.25, 0.3) is 0 Å². The van der Waals surface area contributed by atoms with Gasteiger partial charge < -0.3 is 10.1 Å². The molecule has 0 fully saturated rings. The Hall–Kier alpha value is -1.56. The van der Waals surface area contributed by atoms with Crippen molar-refractivity contribution in [1.82, 2.24) is 15.1 Å². The van der Waals surface area contributed by atoms with Gasteiger partial charge in [-0.3, -0.25) is 14.3 Å². The number of halogens is 1. The molecule has 0 aromatic carbocycles. The minimum Gasteiger partial charge on any atom is -0.468 e. The topological polar surface area (TPSA) is 73.2 Å². The molecule has 1 heterocycles. The number of nitrogens with zero attached hydrogens (tertiary/aromatic N) is 2. The van der Waals surface area contributed by atoms with Crippen LogP contribution >= 0.6 is 11.6 Å². The van der Waals surface area contributed by atoms with Crippen LogP contribution in [0.2, 0.25) is 5.02 Å². The first-order chi connectivity index (χ1) is 7.06. The number of amides is 1. The van der Waals surface area contributed by atoms with Crippen LogP contribution in [-0.2, 0) is 16.6 Å². The molecule has 1 amide bonds. The van der Waals surface area contributed by atoms with Gasteiger partial charge in [0.1, 0.15) is 12.2 Å². The average molecular weight is 232 g/mol. The van der Waals surface area contributed by atoms with Gasteiger partial charge in [0.05, 0.1) is 18.3 Å². The van der Waals surface area contributed by atoms with Gasteiger partial charge in [0.15, 0.2) is 0 Å². The summed E-state index contributed by atoms with van der Waals surface area (Å²) in [7, 11) is 2.82. The lowest BCUT2D eigenvalue weighted by molar-refractivity contribution is -0.139. The normalized spacial score (nSPS) is 9.80. The summed E-state index contributed by atoms with van der Waals surface area (Å²) in [5.41, 5.74) is 0.209. The monoisotopic (exact) mass is 231 g/mol. The van der Waals surface area contributed by atoms with Gasteiger partial charge >= 0.3 is 5.97 Å². The maximum atomic E-state index is 11.5. The van der Waals surface area contributed by atoms with E-state index in [0.29, 0.717) is 0 Å². The largest absolute Gasteiger partial charge is 0.468 e. The van der Waals surface area contributed by atoms with Crippen LogP contribution in [0.1, 0.15) is 10.5 Å². The summed E-state index contributed by atoms with van der Waals surface area (Å²) < 4.78 is 5.70. The van der Waals surface area contributed by atoms with E-state index >= 15 is 0 Å². The number of ether oxygens (including phenoxy) is 1. The number of hydrogen-bond donors (Lipinski definition) is 1. The fourth-order valence-corrected chi connectivity index (χ4v) is 1.23. The fourth-order valence-electron chi connectivity index (χ4n) is 0.974. The van der Waals surface area contributed by atoms with E-state index in [2.05, 4.69) is 15.2 Å². The number of carbonyl (C=O) groups excluding carboxylic acids is 2. The lowest BCUT2D eigenvalue weighted by Crippen LogP contribution is -2.31. The molecule has 1 rings (SSSR count). The molecule has 1 aromatic heterocycles. The van der Waals surface area contributed by atoms with Crippen LogP contribution in [-0.4, -0.2) is 35.3 Å². The third kappa shape index (κ3) is 2.69. The molecular weight excluding hydrogens is 222 g/mol. The zero-order chi connectivity index (χ0) is 11.4. The molecule has 0 bridgehead atoms. The van der Waals surface area contributed by atoms with Crippen molar-refractivity contribution in [2.45, 2.75) is 0 Å². The predicted molar refractivity (Wildman–Crippen MR) is 52.6 cm³/mol. The Morgan fingerprint density at radius 3 is 2.80 bits per heavy atom. The number of aryl methyl sites for hydroxylation is 1. The molecule has 82 valence electrons. The first-order valence-electron chi connectivity index (χ1n) is 4.08. The molecule has 0 aliphatic rings. The minimum atomic E-state index is -0.526. The van der Waals surface area contributed by atoms with Crippen molar-refractivity contribution in [3.05, 3.63) is 16.9 Å². The Morgan fingerprint density at radius 2 is 2.33 bits per heavy atom. The Kier molecular flexibility index (Phi) is 3.68. The molecule has 0 saturated carbocycles. The molecule has 0 radical (unpaired) electrons. The number of nitrogens with one attached hydrogen (secondary N) is 1. The average Bonchev–Trinajstić information content (AvgIpc) is 2.54. The number of esters is 1. The van der Waals surface area contributed by atoms with Crippen LogP contribution in [0.5, 0.6) is 0 Å². The Labute approximate surface area is 91.2 Å². The highest BCUT2D eigenvalue weighted by Gasteiger charge is 2.15. The van der Waals surface area contributed by atoms with E-state index in [9.17, 15) is 9.59 Å². The van der Waals surface area contributed by atoms with Crippen molar-refractivity contribution >= 4 is 23.5 Å². The molecule has 6 nitrogen and oxygen atoms in total. The summed E-state index contributed by atoms with van der Waals surface area (Å²) >= 11 is 5.73. The predicted octanol–water partition coefficient (Wildman–Crippen LogP) is -0.0237. The van der Waals surface area contributed by atoms with E-state index in [0.717, 1.165) is 0 Å². The van der Waals surface area contributed by atoms with Crippen molar-refractivity contribution in [1.29, 1.82) is 0 Å². The minimum absolute atomic E-state index is 0.198. The van der Waals surface area contributed by atoms with E-state index in [1.54, 1.807) is 7.05 Å². The van der Waals surface area contributed by atoms with Crippen LogP contribution in [0.4, 0.5) is 0 Å². The van der Waals surface area contributed by atoms with Crippen molar-refractivity contribution in [2.75, 3.05) is 13.7 Å². The molecule has 0 atom stereocenters. The zero-order valence-electron chi connectivity index (χ0n) is 8.28. The van der Waals surface area contributed by atoms with Gasteiger partial charge in [0, 0.05) is 7.05 Å². The smallest absolute Gasteiger partial charge is 0.325 e. The molecule has 0 aliphatic carbocycles. The molecule has 1 aromatic rings. The summed E-state index contributed by atoms with van der Waals surface area (Å²) in [4.78, 5) is 22.3. The summed E-state index contributed by atoms with van der Waals surface area (Å²) in [6, 6.07) is 0. The summed E-state index contributed by atoms with van der Waals surface area (Å²) in [5, 5.41) is 6.39. The molecular formula is C8H10ClN3O3. The van der Waals surface area contributed by atoms with E-state index in [-0.39, 0.29) is 17.3 Å². The van der Waals surface area contributed by atoms with Crippen LogP contribution in [0, 0.1) is 0 Å². The Morgan fingerprint density at radius 1 is 1.67 bits per heavy atom. The molecule has 0 spiro atoms. The molecule has 0 saturated heterocycles. The van der Waals surface area contributed by atoms with Crippen LogP contribution in [0.3, 0.4) is 0 Å². The molecule has 0 unspecified atom stereocenters. The van der Waals surface area contributed by atoms with Crippen molar-refractivity contribution < 1.29 is 14.3 Å². The lowest BCUT2D eigenvalue weighted by atomic mass is 10.4. The second-order valence-corrected chi connectivity index (χ2v) is 3.13. The van der Waals surface area contributed by atoms with Gasteiger partial charge in [-0.1, -0.05) is 11.6 Å². The van der Waals surface area contributed by atoms with Gasteiger partial charge in [-0.2, -0.15) is 5.10 Å². The number of carbonyl (C=O) groups is 2. The van der Waals surface area contributed by atoms with Gasteiger partial charge in [-0.15, -0.1) is 0 Å². The SMILES string of the molecule is COC(=O)CNC(=O)c1c(Cl)cnn1C. The zero-order valence-corrected chi connectivity index (χ0v) is 9.04. The van der Waals surface area contributed by atoms with Crippen molar-refractivity contribution in [2.24, 2.45) is 7.05 Å². The standard InChI is InChI=1S/C8H10ClN3O3/c1-12-7(5(9)3-11-12)8(14)10-4-6(13)15-2/h3H,4H2,1-2H3,(H,10,14). The third-order valence-electron chi connectivity index (χ3n) is 1.73. The first-order valence-corrected chi connectivity index (χ1v) is 4.46. The summed E-state index contributed by atoms with van der Waals surface area (Å²) in [6.07, 6.45) is 1.36. The van der Waals surface area contributed by atoms with E-state index in [1.165, 1.54) is 18.0 Å². The second-order valence-electron chi connectivity index (χ2n) is 2.72. The number of aromatic nitrogens is 2. The first kappa shape index (κ1) is 11.5. The Bertz CT molecular complexity index is 369. The van der Waals surface area contributed by atoms with Crippen LogP contribution < -0.4 is 5.32 Å². The maximum absolute atomic E-state index is 11.5. The van der Waals surface area contributed by atoms with Gasteiger partial charge in [-0.25, -0.2) is 0 Å². The van der Waals surface area contributed by atoms with Gasteiger partial charge in [0.25, 0.3) is 5.91 Å². The lowest BCUT2D eigenvalue weighted by Gasteiger charge is -2.04. The summed E-state index contributed by atoms with van der Waals surface area (Å²) in [6.45, 7) is -0.198. The molecule has 7 heteroatoms. The van der Waals surface area contributed by atoms with Crippen molar-refractivity contribution in [3.63, 3.8) is 0 Å². The van der Waals surface area contributed by atoms with E-state index < -0.39 is 11.9 Å². The molecule has 0 aliphatic heterocycles. The van der Waals surface area contributed by atoms with Crippen molar-refractivity contribution in [3.8, 4) is 0 Å². The number of hydrogen-bond acceptors (Lipinski definition) is 4. The number of methoxy groups -OCH3 is 1. The van der Waals surface area contributed by atoms with Crippen LogP contribution in [0.15, 0.2) is 6.20 Å². The van der Waals surface area contributed by atoms with E-state index in [1.807, 2.05) is 0 Å². The Balaban J connectivity index is 2.66. The van der Waals surface area contributed by atoms with E-state index in [4.69, 9.17) is 11.6 Å². The third-order valence-corrected chi connectivity index (χ3v) is 2.01. The highest BCUT2D eigenvalue weighted by molar-refractivity contribution is 6.33. The quantitative estimate of drug-likeness (QED) is 0.742. The second kappa shape index (κ2) is 4.79. The fraction of sp³-hybridized carbons (Fsp3) is 0.375. The number of rotatable bonds is 3.